The van der Waals surface area contributed by atoms with E-state index in [1.807, 2.05) is 0 Å². The average molecular weight is 142 g/mol. The van der Waals surface area contributed by atoms with Gasteiger partial charge in [-0.05, 0) is 5.54 Å². The first kappa shape index (κ1) is 8.39. The Balaban J connectivity index is 0.000000490. The molecule has 0 amide bonds. The van der Waals surface area contributed by atoms with Crippen LogP contribution in [0.3, 0.4) is 0 Å². The Morgan fingerprint density at radius 3 is 2.00 bits per heavy atom. The Labute approximate surface area is 57.5 Å². The van der Waals surface area contributed by atoms with Gasteiger partial charge in [0, 0.05) is 11.0 Å². The predicted octanol–water partition coefficient (Wildman–Crippen LogP) is 0.580. The fraction of sp³-hybridized carbons (Fsp3) is 1.00. The Bertz CT molecular complexity index is 52.4. The van der Waals surface area contributed by atoms with Gasteiger partial charge in [0.25, 0.3) is 0 Å². The largest absolute Gasteiger partial charge is 0.431 e. The Morgan fingerprint density at radius 2 is 1.75 bits per heavy atom. The summed E-state index contributed by atoms with van der Waals surface area (Å²) >= 11 is 0. The van der Waals surface area contributed by atoms with Crippen LogP contribution < -0.4 is 0 Å². The van der Waals surface area contributed by atoms with Crippen LogP contribution in [0.2, 0.25) is 5.54 Å². The van der Waals surface area contributed by atoms with Gasteiger partial charge in [-0.15, -0.1) is 0 Å². The lowest BCUT2D eigenvalue weighted by Crippen LogP contribution is -1.95. The Kier molecular flexibility index (Phi) is 4.50. The first-order valence-electron chi connectivity index (χ1n) is 2.83. The van der Waals surface area contributed by atoms with Crippen molar-refractivity contribution in [3.05, 3.63) is 0 Å². The Morgan fingerprint density at radius 1 is 1.25 bits per heavy atom. The molecule has 0 aromatic heterocycles. The van der Waals surface area contributed by atoms with Crippen LogP contribution in [0.4, 0.5) is 0 Å². The lowest BCUT2D eigenvalue weighted by Gasteiger charge is -1.96. The number of rotatable bonds is 1. The molecule has 1 saturated carbocycles. The van der Waals surface area contributed by atoms with Gasteiger partial charge < -0.3 is 4.80 Å². The van der Waals surface area contributed by atoms with Crippen molar-refractivity contribution < 1.29 is 4.80 Å². The molecule has 0 aromatic carbocycles. The van der Waals surface area contributed by atoms with E-state index in [0.717, 1.165) is 0 Å². The Hall–Kier alpha value is 0.394. The van der Waals surface area contributed by atoms with Gasteiger partial charge in [0.15, 0.2) is 0 Å². The highest BCUT2D eigenvalue weighted by Gasteiger charge is 2.13. The molecule has 1 fully saturated rings. The number of hydrogen-bond donors (Lipinski definition) is 1. The van der Waals surface area contributed by atoms with Crippen LogP contribution in [0.15, 0.2) is 0 Å². The van der Waals surface area contributed by atoms with Gasteiger partial charge in [-0.2, -0.15) is 0 Å². The van der Waals surface area contributed by atoms with Crippen LogP contribution in [0.25, 0.3) is 0 Å². The third-order valence-corrected chi connectivity index (χ3v) is 2.48. The van der Waals surface area contributed by atoms with Crippen molar-refractivity contribution in [3.63, 3.8) is 0 Å². The molecular formula is C5H10OSi2. The second-order valence-corrected chi connectivity index (χ2v) is 3.19. The summed E-state index contributed by atoms with van der Waals surface area (Å²) in [5.41, 5.74) is 0.681. The van der Waals surface area contributed by atoms with Crippen molar-refractivity contribution in [1.82, 2.24) is 0 Å². The van der Waals surface area contributed by atoms with E-state index in [1.54, 1.807) is 0 Å². The summed E-state index contributed by atoms with van der Waals surface area (Å²) in [6.45, 7) is 0. The zero-order valence-electron chi connectivity index (χ0n) is 4.85. The molecule has 1 aliphatic rings. The van der Waals surface area contributed by atoms with Crippen molar-refractivity contribution in [3.8, 4) is 0 Å². The van der Waals surface area contributed by atoms with Gasteiger partial charge >= 0.3 is 0 Å². The molecule has 0 aromatic rings. The molecule has 0 saturated heterocycles. The smallest absolute Gasteiger partial charge is 0.227 e. The fourth-order valence-electron chi connectivity index (χ4n) is 1.05. The average Bonchev–Trinajstić information content (AvgIpc) is 2.14. The van der Waals surface area contributed by atoms with E-state index in [1.165, 1.54) is 25.7 Å². The van der Waals surface area contributed by atoms with E-state index in [-0.39, 0.29) is 20.7 Å². The lowest BCUT2D eigenvalue weighted by molar-refractivity contribution is 0.575. The molecule has 0 aliphatic heterocycles. The molecule has 1 nitrogen and oxygen atoms in total. The monoisotopic (exact) mass is 142 g/mol. The fourth-order valence-corrected chi connectivity index (χ4v) is 1.72. The standard InChI is InChI=1S/C5H10OSi.Si/c6-7-5-3-1-2-4-5;/h5-6H,1-4H2;. The first-order valence-corrected chi connectivity index (χ1v) is 3.85. The third-order valence-electron chi connectivity index (χ3n) is 1.54. The maximum Gasteiger partial charge on any atom is 0.227 e. The molecule has 1 N–H and O–H groups in total. The van der Waals surface area contributed by atoms with Crippen LogP contribution in [-0.2, 0) is 0 Å². The summed E-state index contributed by atoms with van der Waals surface area (Å²) in [7, 11) is 0.211. The van der Waals surface area contributed by atoms with Crippen molar-refractivity contribution in [2.75, 3.05) is 0 Å². The molecule has 0 unspecified atom stereocenters. The molecule has 6 radical (unpaired) electrons. The van der Waals surface area contributed by atoms with Crippen molar-refractivity contribution in [1.29, 1.82) is 0 Å². The predicted molar refractivity (Wildman–Crippen MR) is 35.9 cm³/mol. The van der Waals surface area contributed by atoms with Crippen molar-refractivity contribution in [2.45, 2.75) is 31.2 Å². The summed E-state index contributed by atoms with van der Waals surface area (Å²) in [4.78, 5) is 8.59. The molecule has 3 heteroatoms. The SMILES string of the molecule is O[Si]C1CCCC1.[Si]. The van der Waals surface area contributed by atoms with Gasteiger partial charge in [0.05, 0.1) is 0 Å². The highest BCUT2D eigenvalue weighted by Crippen LogP contribution is 2.27. The summed E-state index contributed by atoms with van der Waals surface area (Å²) in [6, 6.07) is 0. The lowest BCUT2D eigenvalue weighted by atomic mass is 10.4. The molecule has 0 bridgehead atoms. The van der Waals surface area contributed by atoms with Gasteiger partial charge in [0.1, 0.15) is 0 Å². The molecule has 44 valence electrons. The molecule has 0 heterocycles. The molecule has 1 rings (SSSR count). The summed E-state index contributed by atoms with van der Waals surface area (Å²) in [6.07, 6.45) is 5.24. The van der Waals surface area contributed by atoms with Crippen LogP contribution in [-0.4, -0.2) is 25.5 Å². The van der Waals surface area contributed by atoms with Gasteiger partial charge in [-0.1, -0.05) is 25.7 Å². The minimum atomic E-state index is 0. The highest BCUT2D eigenvalue weighted by molar-refractivity contribution is 6.27. The summed E-state index contributed by atoms with van der Waals surface area (Å²) in [5.74, 6) is 0. The minimum absolute atomic E-state index is 0. The second kappa shape index (κ2) is 4.29. The quantitative estimate of drug-likeness (QED) is 0.531. The van der Waals surface area contributed by atoms with Crippen LogP contribution >= 0.6 is 0 Å². The molecule has 1 aliphatic carbocycles. The third kappa shape index (κ3) is 2.11. The van der Waals surface area contributed by atoms with Crippen molar-refractivity contribution in [2.24, 2.45) is 0 Å². The zero-order valence-corrected chi connectivity index (χ0v) is 6.85. The highest BCUT2D eigenvalue weighted by atomic mass is 28.2. The number of hydrogen-bond acceptors (Lipinski definition) is 1. The second-order valence-electron chi connectivity index (χ2n) is 2.11. The molecule has 0 spiro atoms. The van der Waals surface area contributed by atoms with E-state index in [2.05, 4.69) is 0 Å². The normalized spacial score (nSPS) is 20.6. The molecule has 8 heavy (non-hydrogen) atoms. The topological polar surface area (TPSA) is 20.2 Å². The summed E-state index contributed by atoms with van der Waals surface area (Å²) < 4.78 is 0. The van der Waals surface area contributed by atoms with Gasteiger partial charge in [-0.3, -0.25) is 0 Å². The molecular weight excluding hydrogens is 132 g/mol. The van der Waals surface area contributed by atoms with E-state index < -0.39 is 0 Å². The maximum absolute atomic E-state index is 8.59. The van der Waals surface area contributed by atoms with Gasteiger partial charge in [0.2, 0.25) is 9.76 Å². The van der Waals surface area contributed by atoms with Crippen LogP contribution in [0.1, 0.15) is 25.7 Å². The van der Waals surface area contributed by atoms with E-state index in [4.69, 9.17) is 4.80 Å². The molecule has 0 atom stereocenters. The van der Waals surface area contributed by atoms with E-state index in [0.29, 0.717) is 5.54 Å². The zero-order chi connectivity index (χ0) is 5.11. The maximum atomic E-state index is 8.59. The van der Waals surface area contributed by atoms with Gasteiger partial charge in [-0.25, -0.2) is 0 Å². The summed E-state index contributed by atoms with van der Waals surface area (Å²) in [5, 5.41) is 0. The van der Waals surface area contributed by atoms with E-state index >= 15 is 0 Å². The first-order chi connectivity index (χ1) is 3.43. The van der Waals surface area contributed by atoms with E-state index in [9.17, 15) is 0 Å². The van der Waals surface area contributed by atoms with Crippen LogP contribution in [0.5, 0.6) is 0 Å². The minimum Gasteiger partial charge on any atom is -0.431 e. The van der Waals surface area contributed by atoms with Crippen LogP contribution in [0, 0.1) is 0 Å². The van der Waals surface area contributed by atoms with Crippen molar-refractivity contribution >= 4 is 20.7 Å².